The summed E-state index contributed by atoms with van der Waals surface area (Å²) in [6, 6.07) is 4.88. The zero-order valence-electron chi connectivity index (χ0n) is 20.9. The van der Waals surface area contributed by atoms with E-state index in [2.05, 4.69) is 20.4 Å². The predicted molar refractivity (Wildman–Crippen MR) is 132 cm³/mol. The van der Waals surface area contributed by atoms with E-state index in [-0.39, 0.29) is 35.9 Å². The van der Waals surface area contributed by atoms with E-state index in [1.807, 2.05) is 20.8 Å². The molecule has 3 aliphatic rings. The van der Waals surface area contributed by atoms with Crippen molar-refractivity contribution < 1.29 is 23.5 Å². The van der Waals surface area contributed by atoms with Crippen LogP contribution < -0.4 is 15.5 Å². The Bertz CT molecular complexity index is 947. The number of halogens is 1. The first kappa shape index (κ1) is 25.4. The second kappa shape index (κ2) is 10.5. The van der Waals surface area contributed by atoms with E-state index < -0.39 is 11.6 Å². The fourth-order valence-corrected chi connectivity index (χ4v) is 5.28. The van der Waals surface area contributed by atoms with E-state index in [1.165, 1.54) is 6.07 Å². The van der Waals surface area contributed by atoms with E-state index in [4.69, 9.17) is 4.74 Å². The minimum absolute atomic E-state index is 0.00634. The van der Waals surface area contributed by atoms with Crippen molar-refractivity contribution in [3.63, 3.8) is 0 Å². The number of esters is 1. The molecule has 1 saturated carbocycles. The van der Waals surface area contributed by atoms with E-state index in [0.717, 1.165) is 51.9 Å². The number of hydrogen-bond donors (Lipinski definition) is 2. The van der Waals surface area contributed by atoms with Crippen LogP contribution in [-0.4, -0.2) is 66.5 Å². The molecule has 9 heteroatoms. The first-order valence-corrected chi connectivity index (χ1v) is 12.7. The summed E-state index contributed by atoms with van der Waals surface area (Å²) in [6.45, 7) is 8.91. The third kappa shape index (κ3) is 6.51. The molecule has 0 spiro atoms. The van der Waals surface area contributed by atoms with Crippen LogP contribution in [0.3, 0.4) is 0 Å². The average molecular weight is 489 g/mol. The zero-order valence-corrected chi connectivity index (χ0v) is 20.9. The van der Waals surface area contributed by atoms with Crippen molar-refractivity contribution in [1.82, 2.24) is 10.2 Å². The summed E-state index contributed by atoms with van der Waals surface area (Å²) >= 11 is 0. The smallest absolute Gasteiger partial charge is 0.309 e. The molecular weight excluding hydrogens is 451 g/mol. The van der Waals surface area contributed by atoms with Crippen molar-refractivity contribution in [3.8, 4) is 0 Å². The number of piperidine rings is 1. The van der Waals surface area contributed by atoms with Crippen molar-refractivity contribution in [2.75, 3.05) is 36.4 Å². The molecular formula is C26H37FN4O4. The Morgan fingerprint density at radius 2 is 1.74 bits per heavy atom. The topological polar surface area (TPSA) is 91.0 Å². The first-order valence-electron chi connectivity index (χ1n) is 12.7. The Morgan fingerprint density at radius 3 is 2.34 bits per heavy atom. The van der Waals surface area contributed by atoms with Gasteiger partial charge >= 0.3 is 5.97 Å². The summed E-state index contributed by atoms with van der Waals surface area (Å²) in [6.07, 6.45) is 4.36. The summed E-state index contributed by atoms with van der Waals surface area (Å²) in [5.74, 6) is -1.06. The molecule has 2 N–H and O–H groups in total. The summed E-state index contributed by atoms with van der Waals surface area (Å²) in [5.41, 5.74) is 0.645. The van der Waals surface area contributed by atoms with Crippen molar-refractivity contribution >= 4 is 29.2 Å². The Balaban J connectivity index is 1.25. The predicted octanol–water partition coefficient (Wildman–Crippen LogP) is 3.07. The highest BCUT2D eigenvalue weighted by Gasteiger charge is 2.33. The number of rotatable bonds is 5. The Hall–Kier alpha value is -2.68. The molecule has 1 atom stereocenters. The van der Waals surface area contributed by atoms with Gasteiger partial charge in [-0.05, 0) is 71.1 Å². The number of carbonyl (C=O) groups excluding carboxylic acids is 3. The molecule has 1 aromatic carbocycles. The quantitative estimate of drug-likeness (QED) is 0.486. The monoisotopic (exact) mass is 488 g/mol. The molecule has 0 bridgehead atoms. The zero-order chi connectivity index (χ0) is 25.2. The molecule has 2 aliphatic heterocycles. The Morgan fingerprint density at radius 1 is 1.06 bits per heavy atom. The van der Waals surface area contributed by atoms with Gasteiger partial charge in [0.05, 0.1) is 11.6 Å². The molecule has 0 aromatic heterocycles. The van der Waals surface area contributed by atoms with Gasteiger partial charge in [-0.3, -0.25) is 24.6 Å². The minimum Gasteiger partial charge on any atom is -0.460 e. The van der Waals surface area contributed by atoms with Gasteiger partial charge in [-0.15, -0.1) is 0 Å². The largest absolute Gasteiger partial charge is 0.460 e. The van der Waals surface area contributed by atoms with Gasteiger partial charge in [0.15, 0.2) is 0 Å². The summed E-state index contributed by atoms with van der Waals surface area (Å²) in [5, 5.41) is 5.34. The minimum atomic E-state index is -0.535. The SMILES string of the molecule is CC(C)(C)OC(=O)[C@H]1CC[C@H](N2CCN(c3ccc(NC4CCC(=O)NC4=O)cc3F)CC2)CC1. The number of benzene rings is 1. The standard InChI is InChI=1S/C26H37FN4O4/c1-26(2,3)35-25(34)17-4-7-19(8-5-17)30-12-14-31(15-13-30)22-10-6-18(16-20(22)27)28-21-9-11-23(32)29-24(21)33/h6,10,16-17,19,21,28H,4-5,7-9,11-15H2,1-3H3,(H,29,32,33)/t17-,19-,21?. The van der Waals surface area contributed by atoms with Gasteiger partial charge in [0.1, 0.15) is 17.5 Å². The van der Waals surface area contributed by atoms with Gasteiger partial charge < -0.3 is 15.0 Å². The van der Waals surface area contributed by atoms with Crippen LogP contribution in [0.4, 0.5) is 15.8 Å². The van der Waals surface area contributed by atoms with Crippen LogP contribution >= 0.6 is 0 Å². The maximum absolute atomic E-state index is 14.9. The maximum atomic E-state index is 14.9. The molecule has 3 fully saturated rings. The molecule has 0 radical (unpaired) electrons. The van der Waals surface area contributed by atoms with Gasteiger partial charge in [0.25, 0.3) is 0 Å². The van der Waals surface area contributed by atoms with Crippen molar-refractivity contribution in [2.45, 2.75) is 77.0 Å². The number of imide groups is 1. The summed E-state index contributed by atoms with van der Waals surface area (Å²) < 4.78 is 20.5. The molecule has 1 unspecified atom stereocenters. The highest BCUT2D eigenvalue weighted by atomic mass is 19.1. The molecule has 2 amide bonds. The van der Waals surface area contributed by atoms with Gasteiger partial charge in [-0.1, -0.05) is 0 Å². The van der Waals surface area contributed by atoms with Crippen LogP contribution in [0.2, 0.25) is 0 Å². The van der Waals surface area contributed by atoms with E-state index in [1.54, 1.807) is 12.1 Å². The third-order valence-corrected chi connectivity index (χ3v) is 7.14. The highest BCUT2D eigenvalue weighted by molar-refractivity contribution is 6.01. The second-order valence-electron chi connectivity index (χ2n) is 10.9. The van der Waals surface area contributed by atoms with Gasteiger partial charge in [0.2, 0.25) is 11.8 Å². The van der Waals surface area contributed by atoms with Crippen LogP contribution in [-0.2, 0) is 19.1 Å². The molecule has 2 saturated heterocycles. The van der Waals surface area contributed by atoms with Crippen LogP contribution in [0.25, 0.3) is 0 Å². The van der Waals surface area contributed by atoms with Gasteiger partial charge in [0, 0.05) is 44.3 Å². The van der Waals surface area contributed by atoms with Crippen molar-refractivity contribution in [3.05, 3.63) is 24.0 Å². The molecule has 35 heavy (non-hydrogen) atoms. The van der Waals surface area contributed by atoms with Gasteiger partial charge in [-0.2, -0.15) is 0 Å². The molecule has 8 nitrogen and oxygen atoms in total. The molecule has 1 aliphatic carbocycles. The lowest BCUT2D eigenvalue weighted by Gasteiger charge is -2.42. The Kier molecular flexibility index (Phi) is 7.64. The lowest BCUT2D eigenvalue weighted by Crippen LogP contribution is -2.51. The molecule has 2 heterocycles. The number of nitrogens with zero attached hydrogens (tertiary/aromatic N) is 2. The lowest BCUT2D eigenvalue weighted by atomic mass is 9.85. The number of carbonyl (C=O) groups is 3. The van der Waals surface area contributed by atoms with Crippen molar-refractivity contribution in [1.29, 1.82) is 0 Å². The van der Waals surface area contributed by atoms with Gasteiger partial charge in [-0.25, -0.2) is 4.39 Å². The van der Waals surface area contributed by atoms with Crippen molar-refractivity contribution in [2.24, 2.45) is 5.92 Å². The number of anilines is 2. The van der Waals surface area contributed by atoms with Crippen LogP contribution in [0.1, 0.15) is 59.3 Å². The number of nitrogens with one attached hydrogen (secondary N) is 2. The first-order chi connectivity index (χ1) is 16.6. The Labute approximate surface area is 206 Å². The third-order valence-electron chi connectivity index (χ3n) is 7.14. The maximum Gasteiger partial charge on any atom is 0.309 e. The summed E-state index contributed by atoms with van der Waals surface area (Å²) in [4.78, 5) is 40.2. The van der Waals surface area contributed by atoms with E-state index in [0.29, 0.717) is 23.8 Å². The second-order valence-corrected chi connectivity index (χ2v) is 10.9. The lowest BCUT2D eigenvalue weighted by molar-refractivity contribution is -0.161. The number of ether oxygens (including phenoxy) is 1. The molecule has 1 aromatic rings. The average Bonchev–Trinajstić information content (AvgIpc) is 2.80. The fourth-order valence-electron chi connectivity index (χ4n) is 5.28. The van der Waals surface area contributed by atoms with E-state index >= 15 is 0 Å². The van der Waals surface area contributed by atoms with Crippen LogP contribution in [0.5, 0.6) is 0 Å². The molecule has 192 valence electrons. The number of piperazine rings is 1. The number of amides is 2. The summed E-state index contributed by atoms with van der Waals surface area (Å²) in [7, 11) is 0. The van der Waals surface area contributed by atoms with Crippen LogP contribution in [0.15, 0.2) is 18.2 Å². The van der Waals surface area contributed by atoms with Crippen LogP contribution in [0, 0.1) is 11.7 Å². The normalized spacial score (nSPS) is 26.3. The van der Waals surface area contributed by atoms with E-state index in [9.17, 15) is 18.8 Å². The molecule has 4 rings (SSSR count). The highest BCUT2D eigenvalue weighted by Crippen LogP contribution is 2.31. The number of hydrogen-bond acceptors (Lipinski definition) is 7. The fraction of sp³-hybridized carbons (Fsp3) is 0.654.